The van der Waals surface area contributed by atoms with Crippen molar-refractivity contribution in [3.63, 3.8) is 0 Å². The molecule has 0 spiro atoms. The number of nitrogens with zero attached hydrogens (tertiary/aromatic N) is 1. The summed E-state index contributed by atoms with van der Waals surface area (Å²) < 4.78 is 15.7. The maximum atomic E-state index is 13.4. The van der Waals surface area contributed by atoms with E-state index in [-0.39, 0.29) is 11.7 Å². The van der Waals surface area contributed by atoms with Crippen LogP contribution in [0.15, 0.2) is 84.9 Å². The average Bonchev–Trinajstić information content (AvgIpc) is 3.05. The maximum Gasteiger partial charge on any atom is 0.251 e. The molecular weight excluding hydrogens is 411 g/mol. The second kappa shape index (κ2) is 9.45. The lowest BCUT2D eigenvalue weighted by molar-refractivity contribution is 0.0951. The second-order valence-electron chi connectivity index (χ2n) is 8.62. The van der Waals surface area contributed by atoms with Crippen molar-refractivity contribution in [2.75, 3.05) is 0 Å². The predicted octanol–water partition coefficient (Wildman–Crippen LogP) is 6.48. The summed E-state index contributed by atoms with van der Waals surface area (Å²) in [6, 6.07) is 26.9. The van der Waals surface area contributed by atoms with E-state index in [4.69, 9.17) is 0 Å². The summed E-state index contributed by atoms with van der Waals surface area (Å²) in [5, 5.41) is 2.88. The van der Waals surface area contributed by atoms with Crippen LogP contribution in [0.1, 0.15) is 46.4 Å². The topological polar surface area (TPSA) is 34.0 Å². The number of rotatable bonds is 5. The van der Waals surface area contributed by atoms with Crippen molar-refractivity contribution in [1.29, 1.82) is 0 Å². The standard InChI is InChI=1S/C29H27FN2O/c30-25-12-7-8-21(18-25)20-31-29(33)23-14-16-26(17-15-23)32-27-13-6-2-5-11-24(27)19-28(32)22-9-3-1-4-10-22/h1,3-4,7-10,12,14-19H,2,5-6,11,13,20H2,(H,31,33). The third kappa shape index (κ3) is 4.61. The summed E-state index contributed by atoms with van der Waals surface area (Å²) in [6.07, 6.45) is 5.88. The van der Waals surface area contributed by atoms with Crippen molar-refractivity contribution >= 4 is 5.91 Å². The Bertz CT molecular complexity index is 1260. The molecule has 4 heteroatoms. The lowest BCUT2D eigenvalue weighted by Gasteiger charge is -2.15. The van der Waals surface area contributed by atoms with E-state index >= 15 is 0 Å². The minimum absolute atomic E-state index is 0.166. The van der Waals surface area contributed by atoms with E-state index in [1.807, 2.05) is 30.3 Å². The Morgan fingerprint density at radius 1 is 0.848 bits per heavy atom. The fraction of sp³-hybridized carbons (Fsp3) is 0.207. The molecule has 1 aliphatic rings. The number of hydrogen-bond donors (Lipinski definition) is 1. The predicted molar refractivity (Wildman–Crippen MR) is 130 cm³/mol. The minimum atomic E-state index is -0.300. The van der Waals surface area contributed by atoms with Gasteiger partial charge in [-0.3, -0.25) is 4.79 Å². The highest BCUT2D eigenvalue weighted by Gasteiger charge is 2.19. The molecule has 0 aliphatic heterocycles. The fourth-order valence-corrected chi connectivity index (χ4v) is 4.68. The zero-order valence-electron chi connectivity index (χ0n) is 18.6. The summed E-state index contributed by atoms with van der Waals surface area (Å²) >= 11 is 0. The second-order valence-corrected chi connectivity index (χ2v) is 8.62. The highest BCUT2D eigenvalue weighted by atomic mass is 19.1. The molecular formula is C29H27FN2O. The van der Waals surface area contributed by atoms with E-state index in [1.165, 1.54) is 53.9 Å². The number of carbonyl (C=O) groups is 1. The molecule has 0 atom stereocenters. The lowest BCUT2D eigenvalue weighted by Crippen LogP contribution is -2.22. The van der Waals surface area contributed by atoms with Gasteiger partial charge in [-0.1, -0.05) is 48.9 Å². The van der Waals surface area contributed by atoms with E-state index in [0.717, 1.165) is 24.1 Å². The molecule has 1 aliphatic carbocycles. The van der Waals surface area contributed by atoms with Gasteiger partial charge in [0.05, 0.1) is 5.69 Å². The minimum Gasteiger partial charge on any atom is -0.348 e. The average molecular weight is 439 g/mol. The van der Waals surface area contributed by atoms with Crippen molar-refractivity contribution < 1.29 is 9.18 Å². The van der Waals surface area contributed by atoms with Gasteiger partial charge in [0.15, 0.2) is 0 Å². The summed E-state index contributed by atoms with van der Waals surface area (Å²) in [5.41, 5.74) is 7.61. The van der Waals surface area contributed by atoms with E-state index in [2.05, 4.69) is 40.2 Å². The van der Waals surface area contributed by atoms with E-state index < -0.39 is 0 Å². The van der Waals surface area contributed by atoms with Crippen LogP contribution in [0.5, 0.6) is 0 Å². The van der Waals surface area contributed by atoms with Gasteiger partial charge in [0, 0.05) is 23.5 Å². The molecule has 166 valence electrons. The van der Waals surface area contributed by atoms with Gasteiger partial charge in [-0.15, -0.1) is 0 Å². The van der Waals surface area contributed by atoms with Gasteiger partial charge in [-0.25, -0.2) is 4.39 Å². The van der Waals surface area contributed by atoms with Gasteiger partial charge < -0.3 is 9.88 Å². The molecule has 3 aromatic carbocycles. The number of benzene rings is 3. The Balaban J connectivity index is 1.43. The summed E-state index contributed by atoms with van der Waals surface area (Å²) in [5.74, 6) is -0.466. The molecule has 0 saturated carbocycles. The number of fused-ring (bicyclic) bond motifs is 1. The molecule has 0 saturated heterocycles. The van der Waals surface area contributed by atoms with Crippen LogP contribution in [0, 0.1) is 5.82 Å². The molecule has 1 aromatic heterocycles. The molecule has 33 heavy (non-hydrogen) atoms. The molecule has 0 bridgehead atoms. The first-order valence-corrected chi connectivity index (χ1v) is 11.6. The quantitative estimate of drug-likeness (QED) is 0.355. The van der Waals surface area contributed by atoms with E-state index in [0.29, 0.717) is 12.1 Å². The Morgan fingerprint density at radius 3 is 2.42 bits per heavy atom. The van der Waals surface area contributed by atoms with Crippen LogP contribution in [0.25, 0.3) is 16.9 Å². The van der Waals surface area contributed by atoms with E-state index in [9.17, 15) is 9.18 Å². The van der Waals surface area contributed by atoms with Crippen molar-refractivity contribution in [3.8, 4) is 16.9 Å². The summed E-state index contributed by atoms with van der Waals surface area (Å²) in [6.45, 7) is 0.293. The Hall–Kier alpha value is -3.66. The zero-order valence-corrected chi connectivity index (χ0v) is 18.6. The molecule has 0 radical (unpaired) electrons. The number of amides is 1. The molecule has 0 fully saturated rings. The van der Waals surface area contributed by atoms with Crippen molar-refractivity contribution in [2.24, 2.45) is 0 Å². The Kier molecular flexibility index (Phi) is 6.07. The van der Waals surface area contributed by atoms with Crippen LogP contribution < -0.4 is 5.32 Å². The summed E-state index contributed by atoms with van der Waals surface area (Å²) in [4.78, 5) is 12.7. The SMILES string of the molecule is O=C(NCc1cccc(F)c1)c1ccc(-n2c(-c3ccccc3)cc3c2CCCCC3)cc1. The number of aryl methyl sites for hydroxylation is 1. The monoisotopic (exact) mass is 438 g/mol. The number of hydrogen-bond acceptors (Lipinski definition) is 1. The Morgan fingerprint density at radius 2 is 1.64 bits per heavy atom. The molecule has 3 nitrogen and oxygen atoms in total. The molecule has 0 unspecified atom stereocenters. The highest BCUT2D eigenvalue weighted by Crippen LogP contribution is 2.33. The molecule has 4 aromatic rings. The molecule has 5 rings (SSSR count). The van der Waals surface area contributed by atoms with Crippen LogP contribution in [0.4, 0.5) is 4.39 Å². The smallest absolute Gasteiger partial charge is 0.251 e. The number of aromatic nitrogens is 1. The number of carbonyl (C=O) groups excluding carboxylic acids is 1. The summed E-state index contributed by atoms with van der Waals surface area (Å²) in [7, 11) is 0. The van der Waals surface area contributed by atoms with E-state index in [1.54, 1.807) is 12.1 Å². The largest absolute Gasteiger partial charge is 0.348 e. The third-order valence-corrected chi connectivity index (χ3v) is 6.35. The van der Waals surface area contributed by atoms with Gasteiger partial charge in [0.2, 0.25) is 0 Å². The van der Waals surface area contributed by atoms with Crippen molar-refractivity contribution in [1.82, 2.24) is 9.88 Å². The van der Waals surface area contributed by atoms with Gasteiger partial charge >= 0.3 is 0 Å². The first kappa shape index (κ1) is 21.2. The fourth-order valence-electron chi connectivity index (χ4n) is 4.68. The molecule has 1 heterocycles. The first-order chi connectivity index (χ1) is 16.2. The van der Waals surface area contributed by atoms with Gasteiger partial charge in [0.25, 0.3) is 5.91 Å². The Labute approximate surface area is 193 Å². The zero-order chi connectivity index (χ0) is 22.6. The van der Waals surface area contributed by atoms with Crippen LogP contribution in [0.2, 0.25) is 0 Å². The third-order valence-electron chi connectivity index (χ3n) is 6.35. The van der Waals surface area contributed by atoms with Crippen LogP contribution in [-0.4, -0.2) is 10.5 Å². The van der Waals surface area contributed by atoms with Gasteiger partial charge in [-0.05, 0) is 84.8 Å². The first-order valence-electron chi connectivity index (χ1n) is 11.6. The van der Waals surface area contributed by atoms with Crippen molar-refractivity contribution in [3.05, 3.63) is 113 Å². The van der Waals surface area contributed by atoms with Gasteiger partial charge in [0.1, 0.15) is 5.82 Å². The maximum absolute atomic E-state index is 13.4. The lowest BCUT2D eigenvalue weighted by atomic mass is 10.1. The molecule has 1 N–H and O–H groups in total. The van der Waals surface area contributed by atoms with Crippen LogP contribution in [0.3, 0.4) is 0 Å². The van der Waals surface area contributed by atoms with Crippen molar-refractivity contribution in [2.45, 2.75) is 38.6 Å². The number of nitrogens with one attached hydrogen (secondary N) is 1. The number of halogens is 1. The van der Waals surface area contributed by atoms with Crippen LogP contribution >= 0.6 is 0 Å². The van der Waals surface area contributed by atoms with Gasteiger partial charge in [-0.2, -0.15) is 0 Å². The normalized spacial score (nSPS) is 13.2. The highest BCUT2D eigenvalue weighted by molar-refractivity contribution is 5.94. The van der Waals surface area contributed by atoms with Crippen LogP contribution in [-0.2, 0) is 19.4 Å². The molecule has 1 amide bonds.